The first-order valence-corrected chi connectivity index (χ1v) is 8.14. The molecular weight excluding hydrogens is 348 g/mol. The number of carbonyl (C=O) groups excluding carboxylic acids is 2. The van der Waals surface area contributed by atoms with E-state index in [2.05, 4.69) is 15.9 Å². The van der Waals surface area contributed by atoms with Crippen LogP contribution < -0.4 is 10.5 Å². The summed E-state index contributed by atoms with van der Waals surface area (Å²) >= 11 is 3.50. The van der Waals surface area contributed by atoms with E-state index in [0.29, 0.717) is 31.7 Å². The maximum Gasteiger partial charge on any atom is 0.260 e. The topological polar surface area (TPSA) is 72.6 Å². The summed E-state index contributed by atoms with van der Waals surface area (Å²) < 4.78 is 6.66. The van der Waals surface area contributed by atoms with E-state index in [1.54, 1.807) is 4.90 Å². The molecule has 0 radical (unpaired) electrons. The lowest BCUT2D eigenvalue weighted by molar-refractivity contribution is -0.136. The van der Waals surface area contributed by atoms with Gasteiger partial charge >= 0.3 is 0 Å². The Bertz CT molecular complexity index is 558. The zero-order valence-electron chi connectivity index (χ0n) is 12.9. The molecule has 0 bridgehead atoms. The first-order chi connectivity index (χ1) is 10.4. The van der Waals surface area contributed by atoms with Crippen molar-refractivity contribution in [2.24, 2.45) is 11.7 Å². The van der Waals surface area contributed by atoms with E-state index >= 15 is 0 Å². The Kier molecular flexibility index (Phi) is 5.45. The van der Waals surface area contributed by atoms with Gasteiger partial charge in [-0.25, -0.2) is 0 Å². The lowest BCUT2D eigenvalue weighted by Gasteiger charge is -2.30. The Balaban J connectivity index is 1.87. The number of benzene rings is 1. The molecule has 0 aromatic heterocycles. The minimum Gasteiger partial charge on any atom is -0.484 e. The summed E-state index contributed by atoms with van der Waals surface area (Å²) in [6, 6.07) is 3.81. The van der Waals surface area contributed by atoms with Crippen molar-refractivity contribution >= 4 is 27.7 Å². The Morgan fingerprint density at radius 2 is 1.82 bits per heavy atom. The molecule has 0 unspecified atom stereocenters. The van der Waals surface area contributed by atoms with Gasteiger partial charge in [0.2, 0.25) is 5.91 Å². The third-order valence-corrected chi connectivity index (χ3v) is 5.27. The van der Waals surface area contributed by atoms with Gasteiger partial charge in [-0.3, -0.25) is 9.59 Å². The zero-order valence-corrected chi connectivity index (χ0v) is 14.5. The lowest BCUT2D eigenvalue weighted by atomic mass is 9.96. The van der Waals surface area contributed by atoms with Gasteiger partial charge < -0.3 is 15.4 Å². The number of aryl methyl sites for hydroxylation is 2. The highest BCUT2D eigenvalue weighted by molar-refractivity contribution is 9.10. The first-order valence-electron chi connectivity index (χ1n) is 7.35. The second kappa shape index (κ2) is 7.13. The fraction of sp³-hybridized carbons (Fsp3) is 0.500. The predicted octanol–water partition coefficient (Wildman–Crippen LogP) is 2.17. The van der Waals surface area contributed by atoms with E-state index in [-0.39, 0.29) is 24.3 Å². The van der Waals surface area contributed by atoms with Crippen molar-refractivity contribution in [1.29, 1.82) is 0 Å². The van der Waals surface area contributed by atoms with E-state index < -0.39 is 0 Å². The molecule has 1 aliphatic heterocycles. The molecule has 1 heterocycles. The molecule has 1 aromatic carbocycles. The van der Waals surface area contributed by atoms with Crippen LogP contribution in [0.1, 0.15) is 24.0 Å². The van der Waals surface area contributed by atoms with Crippen molar-refractivity contribution in [2.75, 3.05) is 19.7 Å². The van der Waals surface area contributed by atoms with Crippen LogP contribution >= 0.6 is 15.9 Å². The standard InChI is InChI=1S/C16H21BrN2O3/c1-10-7-13(8-11(2)15(10)17)22-9-14(20)19-5-3-12(4-6-19)16(18)21/h7-8,12H,3-6,9H2,1-2H3,(H2,18,21). The van der Waals surface area contributed by atoms with Crippen molar-refractivity contribution in [3.05, 3.63) is 27.7 Å². The Labute approximate surface area is 138 Å². The minimum atomic E-state index is -0.274. The normalized spacial score (nSPS) is 15.7. The minimum absolute atomic E-state index is 0.0156. The number of hydrogen-bond acceptors (Lipinski definition) is 3. The fourth-order valence-electron chi connectivity index (χ4n) is 2.64. The molecule has 0 atom stereocenters. The number of rotatable bonds is 4. The largest absolute Gasteiger partial charge is 0.484 e. The highest BCUT2D eigenvalue weighted by Crippen LogP contribution is 2.26. The molecule has 0 saturated carbocycles. The third kappa shape index (κ3) is 4.00. The SMILES string of the molecule is Cc1cc(OCC(=O)N2CCC(C(N)=O)CC2)cc(C)c1Br. The van der Waals surface area contributed by atoms with Crippen molar-refractivity contribution < 1.29 is 14.3 Å². The summed E-state index contributed by atoms with van der Waals surface area (Å²) in [5, 5.41) is 0. The molecule has 2 N–H and O–H groups in total. The van der Waals surface area contributed by atoms with E-state index in [9.17, 15) is 9.59 Å². The van der Waals surface area contributed by atoms with Crippen LogP contribution in [0, 0.1) is 19.8 Å². The molecule has 0 spiro atoms. The van der Waals surface area contributed by atoms with Gasteiger partial charge in [0, 0.05) is 23.5 Å². The van der Waals surface area contributed by atoms with Crippen LogP contribution in [-0.4, -0.2) is 36.4 Å². The number of primary amides is 1. The molecule has 2 rings (SSSR count). The maximum absolute atomic E-state index is 12.2. The maximum atomic E-state index is 12.2. The number of carbonyl (C=O) groups is 2. The summed E-state index contributed by atoms with van der Waals surface area (Å²) in [5.41, 5.74) is 7.44. The third-order valence-electron chi connectivity index (χ3n) is 4.02. The van der Waals surface area contributed by atoms with Crippen molar-refractivity contribution in [2.45, 2.75) is 26.7 Å². The summed E-state index contributed by atoms with van der Waals surface area (Å²) in [6.45, 7) is 5.12. The summed E-state index contributed by atoms with van der Waals surface area (Å²) in [4.78, 5) is 25.0. The molecule has 1 saturated heterocycles. The lowest BCUT2D eigenvalue weighted by Crippen LogP contribution is -2.43. The molecule has 5 nitrogen and oxygen atoms in total. The number of halogens is 1. The molecular formula is C16H21BrN2O3. The number of piperidine rings is 1. The van der Waals surface area contributed by atoms with Crippen molar-refractivity contribution in [3.63, 3.8) is 0 Å². The number of hydrogen-bond donors (Lipinski definition) is 1. The van der Waals surface area contributed by atoms with Gasteiger partial charge in [0.1, 0.15) is 5.75 Å². The van der Waals surface area contributed by atoms with Crippen LogP contribution in [0.4, 0.5) is 0 Å². The summed E-state index contributed by atoms with van der Waals surface area (Å²) in [7, 11) is 0. The Morgan fingerprint density at radius 3 is 2.32 bits per heavy atom. The molecule has 22 heavy (non-hydrogen) atoms. The molecule has 0 aliphatic carbocycles. The van der Waals surface area contributed by atoms with Gasteiger partial charge in [-0.2, -0.15) is 0 Å². The summed E-state index contributed by atoms with van der Waals surface area (Å²) in [6.07, 6.45) is 1.27. The number of amides is 2. The monoisotopic (exact) mass is 368 g/mol. The molecule has 1 aromatic rings. The highest BCUT2D eigenvalue weighted by atomic mass is 79.9. The smallest absolute Gasteiger partial charge is 0.260 e. The van der Waals surface area contributed by atoms with Crippen LogP contribution in [0.2, 0.25) is 0 Å². The van der Waals surface area contributed by atoms with E-state index in [1.165, 1.54) is 0 Å². The van der Waals surface area contributed by atoms with Gasteiger partial charge in [-0.05, 0) is 49.9 Å². The molecule has 6 heteroatoms. The van der Waals surface area contributed by atoms with Crippen LogP contribution in [0.15, 0.2) is 16.6 Å². The molecule has 120 valence electrons. The average molecular weight is 369 g/mol. The van der Waals surface area contributed by atoms with Gasteiger partial charge in [0.15, 0.2) is 6.61 Å². The van der Waals surface area contributed by atoms with Crippen LogP contribution in [0.3, 0.4) is 0 Å². The molecule has 1 aliphatic rings. The van der Waals surface area contributed by atoms with Gasteiger partial charge in [-0.1, -0.05) is 15.9 Å². The van der Waals surface area contributed by atoms with Gasteiger partial charge in [0.25, 0.3) is 5.91 Å². The van der Waals surface area contributed by atoms with Crippen LogP contribution in [0.25, 0.3) is 0 Å². The van der Waals surface area contributed by atoms with Crippen molar-refractivity contribution in [1.82, 2.24) is 4.90 Å². The fourth-order valence-corrected chi connectivity index (χ4v) is 2.87. The quantitative estimate of drug-likeness (QED) is 0.884. The second-order valence-corrected chi connectivity index (χ2v) is 6.51. The average Bonchev–Trinajstić information content (AvgIpc) is 2.50. The highest BCUT2D eigenvalue weighted by Gasteiger charge is 2.25. The molecule has 1 fully saturated rings. The number of likely N-dealkylation sites (tertiary alicyclic amines) is 1. The van der Waals surface area contributed by atoms with Crippen LogP contribution in [-0.2, 0) is 9.59 Å². The van der Waals surface area contributed by atoms with Crippen LogP contribution in [0.5, 0.6) is 5.75 Å². The van der Waals surface area contributed by atoms with Gasteiger partial charge in [-0.15, -0.1) is 0 Å². The summed E-state index contributed by atoms with van der Waals surface area (Å²) in [5.74, 6) is 0.255. The number of ether oxygens (including phenoxy) is 1. The predicted molar refractivity (Wildman–Crippen MR) is 87.6 cm³/mol. The molecule has 2 amide bonds. The first kappa shape index (κ1) is 16.8. The van der Waals surface area contributed by atoms with Gasteiger partial charge in [0.05, 0.1) is 0 Å². The Morgan fingerprint density at radius 1 is 1.27 bits per heavy atom. The van der Waals surface area contributed by atoms with E-state index in [0.717, 1.165) is 15.6 Å². The Hall–Kier alpha value is -1.56. The van der Waals surface area contributed by atoms with Crippen molar-refractivity contribution in [3.8, 4) is 5.75 Å². The second-order valence-electron chi connectivity index (χ2n) is 5.72. The van der Waals surface area contributed by atoms with E-state index in [4.69, 9.17) is 10.5 Å². The number of nitrogens with zero attached hydrogens (tertiary/aromatic N) is 1. The number of nitrogens with two attached hydrogens (primary N) is 1. The van der Waals surface area contributed by atoms with E-state index in [1.807, 2.05) is 26.0 Å². The zero-order chi connectivity index (χ0) is 16.3.